The molecule has 4 heteroatoms. The average molecular weight is 185 g/mol. The SMILES string of the molecule is Cl.N#CC(N)c1cccc(O)c1. The number of nitrogens with zero attached hydrogens (tertiary/aromatic N) is 1. The van der Waals surface area contributed by atoms with Gasteiger partial charge in [-0.25, -0.2) is 0 Å². The highest BCUT2D eigenvalue weighted by Gasteiger charge is 2.02. The Bertz CT molecular complexity index is 295. The summed E-state index contributed by atoms with van der Waals surface area (Å²) < 4.78 is 0. The highest BCUT2D eigenvalue weighted by Crippen LogP contribution is 2.15. The molecule has 1 atom stereocenters. The van der Waals surface area contributed by atoms with E-state index in [1.165, 1.54) is 12.1 Å². The maximum atomic E-state index is 8.99. The van der Waals surface area contributed by atoms with Gasteiger partial charge in [-0.2, -0.15) is 5.26 Å². The Morgan fingerprint density at radius 2 is 2.17 bits per heavy atom. The van der Waals surface area contributed by atoms with Crippen molar-refractivity contribution in [2.75, 3.05) is 0 Å². The van der Waals surface area contributed by atoms with Gasteiger partial charge in [0.2, 0.25) is 0 Å². The summed E-state index contributed by atoms with van der Waals surface area (Å²) in [6.07, 6.45) is 0. The molecule has 0 radical (unpaired) electrons. The van der Waals surface area contributed by atoms with Gasteiger partial charge in [0.15, 0.2) is 0 Å². The van der Waals surface area contributed by atoms with Crippen molar-refractivity contribution in [1.29, 1.82) is 5.26 Å². The van der Waals surface area contributed by atoms with E-state index in [1.54, 1.807) is 12.1 Å². The molecule has 0 spiro atoms. The van der Waals surface area contributed by atoms with Crippen molar-refractivity contribution >= 4 is 12.4 Å². The molecule has 0 saturated heterocycles. The van der Waals surface area contributed by atoms with Crippen LogP contribution in [0.2, 0.25) is 0 Å². The topological polar surface area (TPSA) is 70.0 Å². The Labute approximate surface area is 76.8 Å². The molecular weight excluding hydrogens is 176 g/mol. The van der Waals surface area contributed by atoms with Crippen LogP contribution in [0.4, 0.5) is 0 Å². The molecule has 0 amide bonds. The fourth-order valence-electron chi connectivity index (χ4n) is 0.793. The van der Waals surface area contributed by atoms with Gasteiger partial charge in [0, 0.05) is 0 Å². The summed E-state index contributed by atoms with van der Waals surface area (Å²) in [5.74, 6) is 0.133. The van der Waals surface area contributed by atoms with Gasteiger partial charge in [0.1, 0.15) is 11.8 Å². The van der Waals surface area contributed by atoms with E-state index in [1.807, 2.05) is 6.07 Å². The van der Waals surface area contributed by atoms with E-state index in [2.05, 4.69) is 0 Å². The predicted molar refractivity (Wildman–Crippen MR) is 47.9 cm³/mol. The molecule has 1 aromatic rings. The standard InChI is InChI=1S/C8H8N2O.ClH/c9-5-8(10)6-2-1-3-7(11)4-6;/h1-4,8,11H,10H2;1H. The van der Waals surface area contributed by atoms with Crippen LogP contribution in [-0.2, 0) is 0 Å². The third-order valence-corrected chi connectivity index (χ3v) is 1.37. The lowest BCUT2D eigenvalue weighted by molar-refractivity contribution is 0.474. The van der Waals surface area contributed by atoms with Gasteiger partial charge >= 0.3 is 0 Å². The smallest absolute Gasteiger partial charge is 0.119 e. The molecule has 0 aliphatic rings. The van der Waals surface area contributed by atoms with Crippen molar-refractivity contribution in [3.05, 3.63) is 29.8 Å². The zero-order valence-corrected chi connectivity index (χ0v) is 7.08. The summed E-state index contributed by atoms with van der Waals surface area (Å²) in [5.41, 5.74) is 6.02. The van der Waals surface area contributed by atoms with Crippen LogP contribution in [0.15, 0.2) is 24.3 Å². The van der Waals surface area contributed by atoms with Gasteiger partial charge in [0.25, 0.3) is 0 Å². The highest BCUT2D eigenvalue weighted by molar-refractivity contribution is 5.85. The number of nitrogens with two attached hydrogens (primary N) is 1. The number of hydrogen-bond donors (Lipinski definition) is 2. The number of nitriles is 1. The number of hydrogen-bond acceptors (Lipinski definition) is 3. The lowest BCUT2D eigenvalue weighted by atomic mass is 10.1. The van der Waals surface area contributed by atoms with Gasteiger partial charge in [-0.3, -0.25) is 0 Å². The minimum absolute atomic E-state index is 0. The second-order valence-corrected chi connectivity index (χ2v) is 2.20. The lowest BCUT2D eigenvalue weighted by Gasteiger charge is -2.01. The largest absolute Gasteiger partial charge is 0.508 e. The van der Waals surface area contributed by atoms with Crippen LogP contribution in [0.5, 0.6) is 5.75 Å². The van der Waals surface area contributed by atoms with Gasteiger partial charge in [0.05, 0.1) is 6.07 Å². The third-order valence-electron chi connectivity index (χ3n) is 1.37. The average Bonchev–Trinajstić information content (AvgIpc) is 2.03. The second kappa shape index (κ2) is 4.60. The molecule has 0 bridgehead atoms. The first-order chi connectivity index (χ1) is 5.24. The number of phenols is 1. The Balaban J connectivity index is 0.00000121. The van der Waals surface area contributed by atoms with E-state index in [4.69, 9.17) is 16.1 Å². The molecule has 1 rings (SSSR count). The molecular formula is C8H9ClN2O. The minimum Gasteiger partial charge on any atom is -0.508 e. The normalized spacial score (nSPS) is 11.0. The summed E-state index contributed by atoms with van der Waals surface area (Å²) in [6, 6.07) is 7.60. The Morgan fingerprint density at radius 3 is 2.67 bits per heavy atom. The Kier molecular flexibility index (Phi) is 4.12. The van der Waals surface area contributed by atoms with E-state index >= 15 is 0 Å². The first-order valence-corrected chi connectivity index (χ1v) is 3.18. The fourth-order valence-corrected chi connectivity index (χ4v) is 0.793. The zero-order valence-electron chi connectivity index (χ0n) is 6.27. The maximum absolute atomic E-state index is 8.99. The van der Waals surface area contributed by atoms with Gasteiger partial charge in [-0.15, -0.1) is 12.4 Å². The van der Waals surface area contributed by atoms with Crippen LogP contribution in [0.25, 0.3) is 0 Å². The molecule has 3 nitrogen and oxygen atoms in total. The second-order valence-electron chi connectivity index (χ2n) is 2.20. The first kappa shape index (κ1) is 10.8. The number of rotatable bonds is 1. The fraction of sp³-hybridized carbons (Fsp3) is 0.125. The van der Waals surface area contributed by atoms with Crippen molar-refractivity contribution in [1.82, 2.24) is 0 Å². The van der Waals surface area contributed by atoms with Gasteiger partial charge in [-0.1, -0.05) is 12.1 Å². The monoisotopic (exact) mass is 184 g/mol. The van der Waals surface area contributed by atoms with Crippen molar-refractivity contribution in [2.24, 2.45) is 5.73 Å². The number of phenolic OH excluding ortho intramolecular Hbond substituents is 1. The van der Waals surface area contributed by atoms with Gasteiger partial charge < -0.3 is 10.8 Å². The highest BCUT2D eigenvalue weighted by atomic mass is 35.5. The minimum atomic E-state index is -0.651. The van der Waals surface area contributed by atoms with E-state index in [0.29, 0.717) is 5.56 Å². The van der Waals surface area contributed by atoms with Crippen molar-refractivity contribution in [2.45, 2.75) is 6.04 Å². The third kappa shape index (κ3) is 2.42. The van der Waals surface area contributed by atoms with Gasteiger partial charge in [-0.05, 0) is 17.7 Å². The molecule has 0 saturated carbocycles. The molecule has 0 heterocycles. The van der Waals surface area contributed by atoms with Crippen LogP contribution in [0, 0.1) is 11.3 Å². The quantitative estimate of drug-likeness (QED) is 0.692. The molecule has 0 aliphatic heterocycles. The van der Waals surface area contributed by atoms with E-state index in [9.17, 15) is 0 Å². The molecule has 64 valence electrons. The molecule has 0 aliphatic carbocycles. The van der Waals surface area contributed by atoms with Crippen LogP contribution in [0.1, 0.15) is 11.6 Å². The molecule has 0 aromatic heterocycles. The molecule has 1 aromatic carbocycles. The van der Waals surface area contributed by atoms with E-state index in [-0.39, 0.29) is 18.2 Å². The van der Waals surface area contributed by atoms with Crippen LogP contribution < -0.4 is 5.73 Å². The number of aromatic hydroxyl groups is 1. The van der Waals surface area contributed by atoms with Crippen LogP contribution in [-0.4, -0.2) is 5.11 Å². The van der Waals surface area contributed by atoms with Crippen molar-refractivity contribution < 1.29 is 5.11 Å². The first-order valence-electron chi connectivity index (χ1n) is 3.18. The van der Waals surface area contributed by atoms with Crippen LogP contribution in [0.3, 0.4) is 0 Å². The zero-order chi connectivity index (χ0) is 8.27. The summed E-state index contributed by atoms with van der Waals surface area (Å²) in [4.78, 5) is 0. The van der Waals surface area contributed by atoms with E-state index < -0.39 is 6.04 Å². The molecule has 1 unspecified atom stereocenters. The summed E-state index contributed by atoms with van der Waals surface area (Å²) in [5, 5.41) is 17.4. The summed E-state index contributed by atoms with van der Waals surface area (Å²) >= 11 is 0. The molecule has 0 fully saturated rings. The predicted octanol–water partition coefficient (Wildman–Crippen LogP) is 1.34. The van der Waals surface area contributed by atoms with Crippen molar-refractivity contribution in [3.8, 4) is 11.8 Å². The lowest BCUT2D eigenvalue weighted by Crippen LogP contribution is -2.06. The number of benzene rings is 1. The molecule has 12 heavy (non-hydrogen) atoms. The van der Waals surface area contributed by atoms with Crippen molar-refractivity contribution in [3.63, 3.8) is 0 Å². The Morgan fingerprint density at radius 1 is 1.50 bits per heavy atom. The Hall–Kier alpha value is -1.24. The summed E-state index contributed by atoms with van der Waals surface area (Å²) in [6.45, 7) is 0. The summed E-state index contributed by atoms with van der Waals surface area (Å²) in [7, 11) is 0. The number of halogens is 1. The molecule has 3 N–H and O–H groups in total. The maximum Gasteiger partial charge on any atom is 0.119 e. The van der Waals surface area contributed by atoms with Crippen LogP contribution >= 0.6 is 12.4 Å². The van der Waals surface area contributed by atoms with E-state index in [0.717, 1.165) is 0 Å².